The number of rotatable bonds is 0. The lowest BCUT2D eigenvalue weighted by Crippen LogP contribution is -2.38. The minimum absolute atomic E-state index is 0.0706. The van der Waals surface area contributed by atoms with Crippen molar-refractivity contribution in [3.63, 3.8) is 0 Å². The van der Waals surface area contributed by atoms with E-state index in [0.29, 0.717) is 30.6 Å². The summed E-state index contributed by atoms with van der Waals surface area (Å²) in [5.41, 5.74) is 0.302. The summed E-state index contributed by atoms with van der Waals surface area (Å²) < 4.78 is 5.81. The molecule has 1 atom stereocenters. The molecule has 0 aromatic heterocycles. The van der Waals surface area contributed by atoms with Crippen molar-refractivity contribution in [2.45, 2.75) is 51.6 Å². The van der Waals surface area contributed by atoms with Gasteiger partial charge in [0, 0.05) is 12.8 Å². The van der Waals surface area contributed by atoms with E-state index in [1.165, 1.54) is 6.42 Å². The highest BCUT2D eigenvalue weighted by Crippen LogP contribution is 2.48. The van der Waals surface area contributed by atoms with Crippen LogP contribution in [0.4, 0.5) is 0 Å². The second kappa shape index (κ2) is 2.81. The number of Topliss-reactive ketones (excluding diaryl/α,β-unsaturated/α-hetero) is 1. The van der Waals surface area contributed by atoms with E-state index in [9.17, 15) is 4.79 Å². The van der Waals surface area contributed by atoms with Crippen LogP contribution in [0, 0.1) is 5.41 Å². The van der Waals surface area contributed by atoms with Crippen LogP contribution in [0.5, 0.6) is 0 Å². The second-order valence-electron chi connectivity index (χ2n) is 5.34. The normalized spacial score (nSPS) is 38.5. The molecule has 2 fully saturated rings. The van der Waals surface area contributed by atoms with Gasteiger partial charge in [0.15, 0.2) is 0 Å². The Kier molecular flexibility index (Phi) is 1.99. The standard InChI is InChI=1S/C11H18O2/c1-10(2)4-5-11(8-10)7-9(12)3-6-13-11/h3-8H2,1-2H3. The first-order chi connectivity index (χ1) is 6.02. The van der Waals surface area contributed by atoms with E-state index in [1.54, 1.807) is 0 Å². The summed E-state index contributed by atoms with van der Waals surface area (Å²) in [6.07, 6.45) is 4.62. The first-order valence-electron chi connectivity index (χ1n) is 5.17. The van der Waals surface area contributed by atoms with E-state index >= 15 is 0 Å². The van der Waals surface area contributed by atoms with E-state index in [0.717, 1.165) is 12.8 Å². The Morgan fingerprint density at radius 3 is 2.62 bits per heavy atom. The molecule has 1 saturated heterocycles. The highest BCUT2D eigenvalue weighted by Gasteiger charge is 2.46. The van der Waals surface area contributed by atoms with Crippen LogP contribution in [0.15, 0.2) is 0 Å². The molecule has 2 rings (SSSR count). The maximum Gasteiger partial charge on any atom is 0.138 e. The van der Waals surface area contributed by atoms with Crippen LogP contribution in [-0.4, -0.2) is 18.0 Å². The van der Waals surface area contributed by atoms with Crippen molar-refractivity contribution in [2.75, 3.05) is 6.61 Å². The molecule has 0 aromatic rings. The minimum Gasteiger partial charge on any atom is -0.374 e. The number of carbonyl (C=O) groups excluding carboxylic acids is 1. The molecule has 74 valence electrons. The third-order valence-electron chi connectivity index (χ3n) is 3.37. The first-order valence-corrected chi connectivity index (χ1v) is 5.17. The molecule has 1 saturated carbocycles. The second-order valence-corrected chi connectivity index (χ2v) is 5.34. The molecule has 13 heavy (non-hydrogen) atoms. The van der Waals surface area contributed by atoms with Gasteiger partial charge in [0.2, 0.25) is 0 Å². The van der Waals surface area contributed by atoms with Crippen molar-refractivity contribution in [2.24, 2.45) is 5.41 Å². The molecule has 1 aliphatic heterocycles. The Morgan fingerprint density at radius 2 is 2.08 bits per heavy atom. The molecule has 2 nitrogen and oxygen atoms in total. The average Bonchev–Trinajstić information content (AvgIpc) is 2.26. The van der Waals surface area contributed by atoms with E-state index in [1.807, 2.05) is 0 Å². The zero-order valence-electron chi connectivity index (χ0n) is 8.56. The molecule has 1 unspecified atom stereocenters. The van der Waals surface area contributed by atoms with Gasteiger partial charge in [-0.1, -0.05) is 13.8 Å². The fourth-order valence-electron chi connectivity index (χ4n) is 2.77. The van der Waals surface area contributed by atoms with Crippen molar-refractivity contribution >= 4 is 5.78 Å². The van der Waals surface area contributed by atoms with Gasteiger partial charge in [-0.25, -0.2) is 0 Å². The summed E-state index contributed by atoms with van der Waals surface area (Å²) in [6, 6.07) is 0. The van der Waals surface area contributed by atoms with Crippen LogP contribution in [0.2, 0.25) is 0 Å². The zero-order valence-corrected chi connectivity index (χ0v) is 8.56. The molecule has 0 bridgehead atoms. The predicted octanol–water partition coefficient (Wildman–Crippen LogP) is 2.31. The Morgan fingerprint density at radius 1 is 1.31 bits per heavy atom. The van der Waals surface area contributed by atoms with Gasteiger partial charge in [-0.3, -0.25) is 4.79 Å². The monoisotopic (exact) mass is 182 g/mol. The lowest BCUT2D eigenvalue weighted by Gasteiger charge is -2.34. The summed E-state index contributed by atoms with van der Waals surface area (Å²) in [4.78, 5) is 11.4. The molecule has 1 heterocycles. The number of hydrogen-bond acceptors (Lipinski definition) is 2. The van der Waals surface area contributed by atoms with Crippen molar-refractivity contribution in [1.82, 2.24) is 0 Å². The SMILES string of the molecule is CC1(C)CCC2(CC(=O)CCO2)C1. The van der Waals surface area contributed by atoms with E-state index in [4.69, 9.17) is 4.74 Å². The molecule has 1 spiro atoms. The van der Waals surface area contributed by atoms with Gasteiger partial charge >= 0.3 is 0 Å². The molecule has 1 aliphatic carbocycles. The number of ether oxygens (including phenoxy) is 1. The maximum atomic E-state index is 11.4. The van der Waals surface area contributed by atoms with E-state index in [-0.39, 0.29) is 5.60 Å². The lowest BCUT2D eigenvalue weighted by atomic mass is 9.85. The Hall–Kier alpha value is -0.370. The molecule has 0 amide bonds. The van der Waals surface area contributed by atoms with Crippen LogP contribution in [0.1, 0.15) is 46.0 Å². The van der Waals surface area contributed by atoms with Crippen LogP contribution in [0.25, 0.3) is 0 Å². The summed E-state index contributed by atoms with van der Waals surface area (Å²) in [5.74, 6) is 0.393. The Balaban J connectivity index is 2.09. The molecule has 2 heteroatoms. The summed E-state index contributed by atoms with van der Waals surface area (Å²) in [5, 5.41) is 0. The van der Waals surface area contributed by atoms with Gasteiger partial charge in [0.1, 0.15) is 5.78 Å². The summed E-state index contributed by atoms with van der Waals surface area (Å²) in [6.45, 7) is 5.18. The van der Waals surface area contributed by atoms with Crippen LogP contribution < -0.4 is 0 Å². The minimum atomic E-state index is -0.0706. The molecular formula is C11H18O2. The molecule has 0 N–H and O–H groups in total. The molecule has 0 radical (unpaired) electrons. The number of ketones is 1. The fraction of sp³-hybridized carbons (Fsp3) is 0.909. The fourth-order valence-corrected chi connectivity index (χ4v) is 2.77. The molecule has 0 aromatic carbocycles. The van der Waals surface area contributed by atoms with Crippen molar-refractivity contribution in [3.8, 4) is 0 Å². The van der Waals surface area contributed by atoms with Gasteiger partial charge in [-0.05, 0) is 24.7 Å². The number of hydrogen-bond donors (Lipinski definition) is 0. The lowest BCUT2D eigenvalue weighted by molar-refractivity contribution is -0.139. The largest absolute Gasteiger partial charge is 0.374 e. The van der Waals surface area contributed by atoms with Gasteiger partial charge in [0.25, 0.3) is 0 Å². The predicted molar refractivity (Wildman–Crippen MR) is 50.6 cm³/mol. The third-order valence-corrected chi connectivity index (χ3v) is 3.37. The van der Waals surface area contributed by atoms with E-state index in [2.05, 4.69) is 13.8 Å². The molecule has 2 aliphatic rings. The van der Waals surface area contributed by atoms with Gasteiger partial charge < -0.3 is 4.74 Å². The van der Waals surface area contributed by atoms with Crippen LogP contribution >= 0.6 is 0 Å². The van der Waals surface area contributed by atoms with Crippen molar-refractivity contribution in [3.05, 3.63) is 0 Å². The zero-order chi connectivity index (χ0) is 9.53. The Bertz CT molecular complexity index is 232. The van der Waals surface area contributed by atoms with Gasteiger partial charge in [0.05, 0.1) is 12.2 Å². The Labute approximate surface area is 79.7 Å². The summed E-state index contributed by atoms with van der Waals surface area (Å²) >= 11 is 0. The van der Waals surface area contributed by atoms with Crippen molar-refractivity contribution in [1.29, 1.82) is 0 Å². The van der Waals surface area contributed by atoms with Gasteiger partial charge in [-0.2, -0.15) is 0 Å². The third kappa shape index (κ3) is 1.78. The average molecular weight is 182 g/mol. The first kappa shape index (κ1) is 9.20. The maximum absolute atomic E-state index is 11.4. The van der Waals surface area contributed by atoms with Crippen LogP contribution in [0.3, 0.4) is 0 Å². The van der Waals surface area contributed by atoms with Gasteiger partial charge in [-0.15, -0.1) is 0 Å². The smallest absolute Gasteiger partial charge is 0.138 e. The highest BCUT2D eigenvalue weighted by atomic mass is 16.5. The molecular weight excluding hydrogens is 164 g/mol. The summed E-state index contributed by atoms with van der Waals surface area (Å²) in [7, 11) is 0. The number of carbonyl (C=O) groups is 1. The topological polar surface area (TPSA) is 26.3 Å². The quantitative estimate of drug-likeness (QED) is 0.574. The highest BCUT2D eigenvalue weighted by molar-refractivity contribution is 5.80. The van der Waals surface area contributed by atoms with E-state index < -0.39 is 0 Å². The van der Waals surface area contributed by atoms with Crippen LogP contribution in [-0.2, 0) is 9.53 Å². The van der Waals surface area contributed by atoms with Crippen molar-refractivity contribution < 1.29 is 9.53 Å².